The Bertz CT molecular complexity index is 800. The number of ether oxygens (including phenoxy) is 1. The lowest BCUT2D eigenvalue weighted by atomic mass is 10.1. The number of hydrogen-bond acceptors (Lipinski definition) is 5. The number of benzene rings is 1. The highest BCUT2D eigenvalue weighted by atomic mass is 32.2. The Labute approximate surface area is 130 Å². The average Bonchev–Trinajstić information content (AvgIpc) is 2.95. The van der Waals surface area contributed by atoms with E-state index in [9.17, 15) is 21.6 Å². The zero-order valence-electron chi connectivity index (χ0n) is 11.9. The molecule has 0 atom stereocenters. The van der Waals surface area contributed by atoms with Gasteiger partial charge in [0.05, 0.1) is 24.8 Å². The molecule has 2 rings (SSSR count). The number of aliphatic hydroxyl groups excluding tert-OH is 1. The summed E-state index contributed by atoms with van der Waals surface area (Å²) in [5.74, 6) is -0.683. The molecule has 0 saturated carbocycles. The van der Waals surface area contributed by atoms with Crippen molar-refractivity contribution in [1.29, 1.82) is 0 Å². The van der Waals surface area contributed by atoms with Gasteiger partial charge in [-0.3, -0.25) is 0 Å². The summed E-state index contributed by atoms with van der Waals surface area (Å²) in [6, 6.07) is 3.56. The van der Waals surface area contributed by atoms with Crippen LogP contribution in [-0.2, 0) is 16.6 Å². The molecular weight excluding hydrogens is 337 g/mol. The van der Waals surface area contributed by atoms with Crippen LogP contribution in [0.3, 0.4) is 0 Å². The summed E-state index contributed by atoms with van der Waals surface area (Å²) in [6.07, 6.45) is -2.48. The van der Waals surface area contributed by atoms with Crippen LogP contribution in [-0.4, -0.2) is 34.8 Å². The third-order valence-electron chi connectivity index (χ3n) is 2.93. The van der Waals surface area contributed by atoms with Crippen molar-refractivity contribution in [3.8, 4) is 16.9 Å². The topological polar surface area (TPSA) is 81.4 Å². The minimum Gasteiger partial charge on any atom is -0.406 e. The molecule has 0 aliphatic heterocycles. The van der Waals surface area contributed by atoms with Gasteiger partial charge in [0.1, 0.15) is 5.75 Å². The maximum atomic E-state index is 12.3. The predicted octanol–water partition coefficient (Wildman–Crippen LogP) is 2.14. The van der Waals surface area contributed by atoms with E-state index in [0.29, 0.717) is 0 Å². The Morgan fingerprint density at radius 2 is 1.96 bits per heavy atom. The van der Waals surface area contributed by atoms with E-state index >= 15 is 0 Å². The SMILES string of the molecule is CCS(=O)(=O)n1cc(-c2cc(CO)cc(OC(F)(F)F)c2)cn1. The van der Waals surface area contributed by atoms with Gasteiger partial charge < -0.3 is 9.84 Å². The van der Waals surface area contributed by atoms with Crippen molar-refractivity contribution >= 4 is 10.0 Å². The van der Waals surface area contributed by atoms with Crippen LogP contribution < -0.4 is 4.74 Å². The molecule has 1 heterocycles. The van der Waals surface area contributed by atoms with Gasteiger partial charge in [0, 0.05) is 5.56 Å². The molecular formula is C13H13F3N2O4S. The molecule has 0 aliphatic carbocycles. The van der Waals surface area contributed by atoms with E-state index in [4.69, 9.17) is 5.11 Å². The van der Waals surface area contributed by atoms with Gasteiger partial charge in [-0.1, -0.05) is 0 Å². The fourth-order valence-corrected chi connectivity index (χ4v) is 2.58. The summed E-state index contributed by atoms with van der Waals surface area (Å²) in [6.45, 7) is 0.946. The highest BCUT2D eigenvalue weighted by Crippen LogP contribution is 2.30. The second kappa shape index (κ2) is 6.20. The van der Waals surface area contributed by atoms with E-state index in [0.717, 1.165) is 16.2 Å². The van der Waals surface area contributed by atoms with Crippen molar-refractivity contribution < 1.29 is 31.4 Å². The Balaban J connectivity index is 2.45. The van der Waals surface area contributed by atoms with Gasteiger partial charge in [0.2, 0.25) is 0 Å². The summed E-state index contributed by atoms with van der Waals surface area (Å²) in [7, 11) is -3.60. The second-order valence-corrected chi connectivity index (χ2v) is 6.69. The van der Waals surface area contributed by atoms with Gasteiger partial charge in [-0.25, -0.2) is 8.42 Å². The van der Waals surface area contributed by atoms with Crippen LogP contribution >= 0.6 is 0 Å². The fourth-order valence-electron chi connectivity index (χ4n) is 1.85. The van der Waals surface area contributed by atoms with E-state index in [1.165, 1.54) is 25.4 Å². The highest BCUT2D eigenvalue weighted by molar-refractivity contribution is 7.89. The van der Waals surface area contributed by atoms with Crippen molar-refractivity contribution in [2.45, 2.75) is 19.9 Å². The van der Waals surface area contributed by atoms with E-state index < -0.39 is 28.7 Å². The highest BCUT2D eigenvalue weighted by Gasteiger charge is 2.31. The predicted molar refractivity (Wildman–Crippen MR) is 75.1 cm³/mol. The van der Waals surface area contributed by atoms with Gasteiger partial charge in [0.15, 0.2) is 0 Å². The largest absolute Gasteiger partial charge is 0.573 e. The Morgan fingerprint density at radius 1 is 1.26 bits per heavy atom. The lowest BCUT2D eigenvalue weighted by Gasteiger charge is -2.11. The maximum absolute atomic E-state index is 12.3. The first-order chi connectivity index (χ1) is 10.6. The van der Waals surface area contributed by atoms with Crippen molar-refractivity contribution in [3.63, 3.8) is 0 Å². The van der Waals surface area contributed by atoms with Crippen LogP contribution in [0.2, 0.25) is 0 Å². The third-order valence-corrected chi connectivity index (χ3v) is 4.43. The minimum atomic E-state index is -4.87. The van der Waals surface area contributed by atoms with Crippen LogP contribution in [0.1, 0.15) is 12.5 Å². The Hall–Kier alpha value is -2.07. The molecule has 2 aromatic rings. The minimum absolute atomic E-state index is 0.173. The molecule has 0 spiro atoms. The van der Waals surface area contributed by atoms with Gasteiger partial charge in [-0.2, -0.15) is 9.19 Å². The molecule has 0 saturated heterocycles. The Kier molecular flexibility index (Phi) is 4.66. The van der Waals surface area contributed by atoms with E-state index in [-0.39, 0.29) is 22.4 Å². The average molecular weight is 350 g/mol. The quantitative estimate of drug-likeness (QED) is 0.893. The molecule has 1 aromatic carbocycles. The number of rotatable bonds is 5. The molecule has 1 aromatic heterocycles. The first-order valence-electron chi connectivity index (χ1n) is 6.43. The number of hydrogen-bond donors (Lipinski definition) is 1. The third kappa shape index (κ3) is 4.23. The summed E-state index contributed by atoms with van der Waals surface area (Å²) >= 11 is 0. The summed E-state index contributed by atoms with van der Waals surface area (Å²) in [4.78, 5) is 0. The molecule has 0 amide bonds. The fraction of sp³-hybridized carbons (Fsp3) is 0.308. The van der Waals surface area contributed by atoms with E-state index in [2.05, 4.69) is 9.84 Å². The van der Waals surface area contributed by atoms with Gasteiger partial charge in [-0.15, -0.1) is 13.2 Å². The first kappa shape index (κ1) is 17.3. The van der Waals surface area contributed by atoms with Crippen LogP contribution in [0.25, 0.3) is 11.1 Å². The standard InChI is InChI=1S/C13H13F3N2O4S/c1-2-23(20,21)18-7-11(6-17-18)10-3-9(8-19)4-12(5-10)22-13(14,15)16/h3-7,19H,2,8H2,1H3. The molecule has 0 bridgehead atoms. The van der Waals surface area contributed by atoms with Crippen molar-refractivity contribution in [2.24, 2.45) is 0 Å². The number of alkyl halides is 3. The van der Waals surface area contributed by atoms with Crippen molar-refractivity contribution in [1.82, 2.24) is 9.19 Å². The number of aromatic nitrogens is 2. The summed E-state index contributed by atoms with van der Waals surface area (Å²) < 4.78 is 65.0. The van der Waals surface area contributed by atoms with Crippen molar-refractivity contribution in [2.75, 3.05) is 5.75 Å². The molecule has 0 radical (unpaired) electrons. The van der Waals surface area contributed by atoms with E-state index in [1.54, 1.807) is 0 Å². The van der Waals surface area contributed by atoms with Gasteiger partial charge in [0.25, 0.3) is 10.0 Å². The normalized spacial score (nSPS) is 12.4. The molecule has 6 nitrogen and oxygen atoms in total. The van der Waals surface area contributed by atoms with Crippen LogP contribution in [0.4, 0.5) is 13.2 Å². The second-order valence-electron chi connectivity index (χ2n) is 4.57. The molecule has 0 unspecified atom stereocenters. The lowest BCUT2D eigenvalue weighted by Crippen LogP contribution is -2.17. The van der Waals surface area contributed by atoms with Crippen molar-refractivity contribution in [3.05, 3.63) is 36.2 Å². The Morgan fingerprint density at radius 3 is 2.52 bits per heavy atom. The summed E-state index contributed by atoms with van der Waals surface area (Å²) in [5, 5.41) is 12.8. The lowest BCUT2D eigenvalue weighted by molar-refractivity contribution is -0.274. The zero-order valence-corrected chi connectivity index (χ0v) is 12.7. The number of nitrogens with zero attached hydrogens (tertiary/aromatic N) is 2. The number of aliphatic hydroxyl groups is 1. The first-order valence-corrected chi connectivity index (χ1v) is 8.04. The van der Waals surface area contributed by atoms with E-state index in [1.807, 2.05) is 0 Å². The van der Waals surface area contributed by atoms with Gasteiger partial charge >= 0.3 is 6.36 Å². The summed E-state index contributed by atoms with van der Waals surface area (Å²) in [5.41, 5.74) is 0.713. The monoisotopic (exact) mass is 350 g/mol. The number of halogens is 3. The van der Waals surface area contributed by atoms with Crippen LogP contribution in [0.15, 0.2) is 30.6 Å². The molecule has 10 heteroatoms. The molecule has 126 valence electrons. The smallest absolute Gasteiger partial charge is 0.406 e. The molecule has 0 aliphatic rings. The van der Waals surface area contributed by atoms with Crippen LogP contribution in [0, 0.1) is 0 Å². The molecule has 23 heavy (non-hydrogen) atoms. The molecule has 1 N–H and O–H groups in total. The maximum Gasteiger partial charge on any atom is 0.573 e. The molecule has 0 fully saturated rings. The van der Waals surface area contributed by atoms with Crippen LogP contribution in [0.5, 0.6) is 5.75 Å². The van der Waals surface area contributed by atoms with Gasteiger partial charge in [-0.05, 0) is 36.2 Å². The zero-order chi connectivity index (χ0) is 17.3.